The van der Waals surface area contributed by atoms with Gasteiger partial charge in [0.25, 0.3) is 5.91 Å². The molecule has 0 fully saturated rings. The first kappa shape index (κ1) is 18.6. The van der Waals surface area contributed by atoms with Gasteiger partial charge in [0.1, 0.15) is 5.76 Å². The summed E-state index contributed by atoms with van der Waals surface area (Å²) >= 11 is 7.71. The fourth-order valence-corrected chi connectivity index (χ4v) is 3.65. The Hall–Kier alpha value is -2.17. The zero-order valence-electron chi connectivity index (χ0n) is 14.4. The fourth-order valence-electron chi connectivity index (χ4n) is 2.57. The molecule has 1 N–H and O–H groups in total. The van der Waals surface area contributed by atoms with Gasteiger partial charge in [0.2, 0.25) is 0 Å². The minimum atomic E-state index is -0.201. The highest BCUT2D eigenvalue weighted by Crippen LogP contribution is 2.22. The van der Waals surface area contributed by atoms with Crippen LogP contribution in [0.4, 0.5) is 0 Å². The molecular formula is C21H20ClNO2S. The van der Waals surface area contributed by atoms with Gasteiger partial charge in [-0.15, -0.1) is 11.8 Å². The Kier molecular flexibility index (Phi) is 6.42. The number of amides is 1. The Morgan fingerprint density at radius 3 is 2.65 bits per heavy atom. The number of nitrogens with one attached hydrogen (secondary N) is 1. The maximum absolute atomic E-state index is 12.3. The maximum atomic E-state index is 12.3. The highest BCUT2D eigenvalue weighted by molar-refractivity contribution is 7.97. The highest BCUT2D eigenvalue weighted by atomic mass is 35.5. The van der Waals surface area contributed by atoms with Crippen molar-refractivity contribution in [2.75, 3.05) is 0 Å². The number of furan rings is 1. The zero-order valence-corrected chi connectivity index (χ0v) is 16.0. The number of hydrogen-bond acceptors (Lipinski definition) is 3. The van der Waals surface area contributed by atoms with Crippen molar-refractivity contribution in [3.63, 3.8) is 0 Å². The first-order valence-electron chi connectivity index (χ1n) is 8.38. The fraction of sp³-hybridized carbons (Fsp3) is 0.190. The number of benzene rings is 2. The van der Waals surface area contributed by atoms with Crippen LogP contribution in [-0.4, -0.2) is 5.91 Å². The van der Waals surface area contributed by atoms with Crippen molar-refractivity contribution in [2.45, 2.75) is 24.5 Å². The SMILES string of the molecule is C[C@@H](NC(=O)c1ccc(CSCc2cccc(Cl)c2)o1)c1ccccc1. The van der Waals surface area contributed by atoms with Gasteiger partial charge in [0, 0.05) is 10.8 Å². The van der Waals surface area contributed by atoms with E-state index in [1.165, 1.54) is 5.56 Å². The van der Waals surface area contributed by atoms with Crippen LogP contribution in [0, 0.1) is 0 Å². The molecule has 1 heterocycles. The van der Waals surface area contributed by atoms with Crippen LogP contribution in [-0.2, 0) is 11.5 Å². The van der Waals surface area contributed by atoms with Crippen molar-refractivity contribution in [1.82, 2.24) is 5.32 Å². The molecular weight excluding hydrogens is 366 g/mol. The van der Waals surface area contributed by atoms with E-state index >= 15 is 0 Å². The quantitative estimate of drug-likeness (QED) is 0.554. The molecule has 1 atom stereocenters. The smallest absolute Gasteiger partial charge is 0.287 e. The van der Waals surface area contributed by atoms with Crippen molar-refractivity contribution >= 4 is 29.3 Å². The molecule has 0 aliphatic carbocycles. The number of hydrogen-bond donors (Lipinski definition) is 1. The Labute approximate surface area is 162 Å². The molecule has 1 amide bonds. The first-order chi connectivity index (χ1) is 12.6. The van der Waals surface area contributed by atoms with Gasteiger partial charge in [-0.1, -0.05) is 54.1 Å². The predicted octanol–water partition coefficient (Wildman–Crippen LogP) is 5.86. The highest BCUT2D eigenvalue weighted by Gasteiger charge is 2.15. The summed E-state index contributed by atoms with van der Waals surface area (Å²) < 4.78 is 5.68. The molecule has 0 bridgehead atoms. The summed E-state index contributed by atoms with van der Waals surface area (Å²) in [7, 11) is 0. The van der Waals surface area contributed by atoms with Crippen molar-refractivity contribution in [3.8, 4) is 0 Å². The summed E-state index contributed by atoms with van der Waals surface area (Å²) in [5.74, 6) is 2.47. The van der Waals surface area contributed by atoms with Crippen molar-refractivity contribution in [2.24, 2.45) is 0 Å². The van der Waals surface area contributed by atoms with Gasteiger partial charge in [-0.3, -0.25) is 4.79 Å². The number of rotatable bonds is 7. The van der Waals surface area contributed by atoms with E-state index in [4.69, 9.17) is 16.0 Å². The van der Waals surface area contributed by atoms with E-state index in [9.17, 15) is 4.79 Å². The summed E-state index contributed by atoms with van der Waals surface area (Å²) in [4.78, 5) is 12.3. The number of thioether (sulfide) groups is 1. The number of carbonyl (C=O) groups excluding carboxylic acids is 1. The monoisotopic (exact) mass is 385 g/mol. The molecule has 0 spiro atoms. The van der Waals surface area contributed by atoms with Gasteiger partial charge in [-0.05, 0) is 42.3 Å². The second-order valence-electron chi connectivity index (χ2n) is 5.99. The van der Waals surface area contributed by atoms with Crippen molar-refractivity contribution < 1.29 is 9.21 Å². The van der Waals surface area contributed by atoms with Crippen LogP contribution in [0.2, 0.25) is 5.02 Å². The molecule has 5 heteroatoms. The molecule has 3 nitrogen and oxygen atoms in total. The Morgan fingerprint density at radius 2 is 1.88 bits per heavy atom. The summed E-state index contributed by atoms with van der Waals surface area (Å²) in [6, 6.07) is 21.2. The second-order valence-corrected chi connectivity index (χ2v) is 7.42. The zero-order chi connectivity index (χ0) is 18.4. The van der Waals surface area contributed by atoms with E-state index in [-0.39, 0.29) is 11.9 Å². The molecule has 134 valence electrons. The Balaban J connectivity index is 1.51. The Bertz CT molecular complexity index is 863. The number of halogens is 1. The first-order valence-corrected chi connectivity index (χ1v) is 9.92. The lowest BCUT2D eigenvalue weighted by atomic mass is 10.1. The van der Waals surface area contributed by atoms with Crippen molar-refractivity contribution in [1.29, 1.82) is 0 Å². The third-order valence-corrected chi connectivity index (χ3v) is 5.20. The van der Waals surface area contributed by atoms with Crippen LogP contribution in [0.15, 0.2) is 71.1 Å². The molecule has 2 aromatic carbocycles. The van der Waals surface area contributed by atoms with Gasteiger partial charge in [0.05, 0.1) is 11.8 Å². The molecule has 0 unspecified atom stereocenters. The molecule has 26 heavy (non-hydrogen) atoms. The third kappa shape index (κ3) is 5.16. The molecule has 0 saturated heterocycles. The lowest BCUT2D eigenvalue weighted by Gasteiger charge is -2.13. The molecule has 0 aliphatic rings. The van der Waals surface area contributed by atoms with Crippen LogP contribution < -0.4 is 5.32 Å². The predicted molar refractivity (Wildman–Crippen MR) is 107 cm³/mol. The van der Waals surface area contributed by atoms with Gasteiger partial charge < -0.3 is 9.73 Å². The summed E-state index contributed by atoms with van der Waals surface area (Å²) in [6.07, 6.45) is 0. The van der Waals surface area contributed by atoms with Crippen LogP contribution in [0.5, 0.6) is 0 Å². The Morgan fingerprint density at radius 1 is 1.08 bits per heavy atom. The van der Waals surface area contributed by atoms with Gasteiger partial charge in [0.15, 0.2) is 5.76 Å². The molecule has 3 aromatic rings. The maximum Gasteiger partial charge on any atom is 0.287 e. The van der Waals surface area contributed by atoms with E-state index in [1.807, 2.05) is 67.6 Å². The molecule has 1 aromatic heterocycles. The average Bonchev–Trinajstić information content (AvgIpc) is 3.11. The summed E-state index contributed by atoms with van der Waals surface area (Å²) in [5, 5.41) is 3.70. The average molecular weight is 386 g/mol. The van der Waals surface area contributed by atoms with Gasteiger partial charge in [-0.2, -0.15) is 0 Å². The molecule has 3 rings (SSSR count). The van der Waals surface area contributed by atoms with E-state index < -0.39 is 0 Å². The standard InChI is InChI=1S/C21H20ClNO2S/c1-15(17-7-3-2-4-8-17)23-21(24)20-11-10-19(25-20)14-26-13-16-6-5-9-18(22)12-16/h2-12,15H,13-14H2,1H3,(H,23,24)/t15-/m1/s1. The van der Waals surface area contributed by atoms with Crippen LogP contribution in [0.1, 0.15) is 40.4 Å². The minimum Gasteiger partial charge on any atom is -0.455 e. The van der Waals surface area contributed by atoms with E-state index in [0.717, 1.165) is 22.1 Å². The van der Waals surface area contributed by atoms with E-state index in [0.29, 0.717) is 11.5 Å². The lowest BCUT2D eigenvalue weighted by molar-refractivity contribution is 0.0910. The third-order valence-electron chi connectivity index (χ3n) is 3.93. The molecule has 0 radical (unpaired) electrons. The number of carbonyl (C=O) groups is 1. The topological polar surface area (TPSA) is 42.2 Å². The van der Waals surface area contributed by atoms with E-state index in [2.05, 4.69) is 5.32 Å². The second kappa shape index (κ2) is 8.97. The molecule has 0 aliphatic heterocycles. The van der Waals surface area contributed by atoms with Gasteiger partial charge >= 0.3 is 0 Å². The summed E-state index contributed by atoms with van der Waals surface area (Å²) in [6.45, 7) is 1.96. The summed E-state index contributed by atoms with van der Waals surface area (Å²) in [5.41, 5.74) is 2.23. The van der Waals surface area contributed by atoms with E-state index in [1.54, 1.807) is 17.8 Å². The van der Waals surface area contributed by atoms with Gasteiger partial charge in [-0.25, -0.2) is 0 Å². The normalized spacial score (nSPS) is 11.9. The van der Waals surface area contributed by atoms with Crippen LogP contribution in [0.25, 0.3) is 0 Å². The van der Waals surface area contributed by atoms with Crippen LogP contribution >= 0.6 is 23.4 Å². The van der Waals surface area contributed by atoms with Crippen LogP contribution in [0.3, 0.4) is 0 Å². The lowest BCUT2D eigenvalue weighted by Crippen LogP contribution is -2.26. The largest absolute Gasteiger partial charge is 0.455 e. The van der Waals surface area contributed by atoms with Crippen molar-refractivity contribution in [3.05, 3.63) is 94.4 Å². The molecule has 0 saturated carbocycles. The minimum absolute atomic E-state index is 0.0746.